The molecule has 0 fully saturated rings. The zero-order chi connectivity index (χ0) is 11.1. The smallest absolute Gasteiger partial charge is 0.121 e. The Hall–Kier alpha value is -1.32. The zero-order valence-electron chi connectivity index (χ0n) is 8.88. The van der Waals surface area contributed by atoms with Crippen molar-refractivity contribution in [3.63, 3.8) is 0 Å². The molecule has 0 bridgehead atoms. The van der Waals surface area contributed by atoms with Gasteiger partial charge < -0.3 is 10.1 Å². The van der Waals surface area contributed by atoms with Gasteiger partial charge in [-0.25, -0.2) is 0 Å². The van der Waals surface area contributed by atoms with Crippen LogP contribution in [0.4, 0.5) is 0 Å². The van der Waals surface area contributed by atoms with E-state index in [2.05, 4.69) is 10.3 Å². The summed E-state index contributed by atoms with van der Waals surface area (Å²) >= 11 is 6.18. The molecule has 0 unspecified atom stereocenters. The maximum absolute atomic E-state index is 6.18. The Kier molecular flexibility index (Phi) is 2.23. The Balaban J connectivity index is 2.37. The van der Waals surface area contributed by atoms with Gasteiger partial charge in [-0.05, 0) is 17.2 Å². The molecule has 1 aliphatic heterocycles. The molecule has 0 atom stereocenters. The highest BCUT2D eigenvalue weighted by Gasteiger charge is 2.16. The minimum Gasteiger partial charge on any atom is -0.497 e. The Morgan fingerprint density at radius 1 is 1.38 bits per heavy atom. The first kappa shape index (κ1) is 9.87. The van der Waals surface area contributed by atoms with Crippen LogP contribution in [0.15, 0.2) is 18.3 Å². The van der Waals surface area contributed by atoms with Crippen molar-refractivity contribution in [3.05, 3.63) is 34.5 Å². The van der Waals surface area contributed by atoms with Crippen LogP contribution in [-0.2, 0) is 13.1 Å². The summed E-state index contributed by atoms with van der Waals surface area (Å²) in [5.41, 5.74) is 3.38. The SMILES string of the molecule is COc1cc(Cl)c2ncc3c(c2c1)CNC3. The van der Waals surface area contributed by atoms with Gasteiger partial charge in [0.2, 0.25) is 0 Å². The third-order valence-electron chi connectivity index (χ3n) is 2.95. The summed E-state index contributed by atoms with van der Waals surface area (Å²) in [5.74, 6) is 0.777. The number of hydrogen-bond acceptors (Lipinski definition) is 3. The van der Waals surface area contributed by atoms with Gasteiger partial charge in [0.25, 0.3) is 0 Å². The van der Waals surface area contributed by atoms with Gasteiger partial charge in [0.15, 0.2) is 0 Å². The van der Waals surface area contributed by atoms with E-state index in [0.717, 1.165) is 29.7 Å². The monoisotopic (exact) mass is 234 g/mol. The summed E-state index contributed by atoms with van der Waals surface area (Å²) in [5, 5.41) is 5.05. The Labute approximate surface area is 98.4 Å². The van der Waals surface area contributed by atoms with Crippen LogP contribution in [-0.4, -0.2) is 12.1 Å². The van der Waals surface area contributed by atoms with Gasteiger partial charge in [0.1, 0.15) is 5.75 Å². The van der Waals surface area contributed by atoms with Crippen LogP contribution in [0.3, 0.4) is 0 Å². The van der Waals surface area contributed by atoms with E-state index >= 15 is 0 Å². The van der Waals surface area contributed by atoms with Gasteiger partial charge in [0, 0.05) is 30.7 Å². The third kappa shape index (κ3) is 1.36. The van der Waals surface area contributed by atoms with Crippen molar-refractivity contribution in [2.75, 3.05) is 7.11 Å². The first-order valence-corrected chi connectivity index (χ1v) is 5.52. The number of pyridine rings is 1. The van der Waals surface area contributed by atoms with E-state index in [4.69, 9.17) is 16.3 Å². The summed E-state index contributed by atoms with van der Waals surface area (Å²) < 4.78 is 5.23. The standard InChI is InChI=1S/C12H11ClN2O/c1-16-8-2-9-10-6-14-4-7(10)5-15-12(9)11(13)3-8/h2-3,5,14H,4,6H2,1H3. The van der Waals surface area contributed by atoms with Crippen molar-refractivity contribution in [1.29, 1.82) is 0 Å². The maximum Gasteiger partial charge on any atom is 0.121 e. The van der Waals surface area contributed by atoms with Crippen LogP contribution in [0.25, 0.3) is 10.9 Å². The second-order valence-electron chi connectivity index (χ2n) is 3.87. The number of hydrogen-bond donors (Lipinski definition) is 1. The van der Waals surface area contributed by atoms with Crippen molar-refractivity contribution in [2.24, 2.45) is 0 Å². The molecular formula is C12H11ClN2O. The number of benzene rings is 1. The highest BCUT2D eigenvalue weighted by atomic mass is 35.5. The molecule has 0 saturated carbocycles. The zero-order valence-corrected chi connectivity index (χ0v) is 9.64. The molecule has 82 valence electrons. The van der Waals surface area contributed by atoms with Crippen molar-refractivity contribution >= 4 is 22.5 Å². The Morgan fingerprint density at radius 2 is 2.25 bits per heavy atom. The van der Waals surface area contributed by atoms with Crippen LogP contribution in [0, 0.1) is 0 Å². The predicted octanol–water partition coefficient (Wildman–Crippen LogP) is 2.50. The average Bonchev–Trinajstić information content (AvgIpc) is 2.77. The van der Waals surface area contributed by atoms with E-state index in [1.54, 1.807) is 13.2 Å². The van der Waals surface area contributed by atoms with Crippen LogP contribution in [0.2, 0.25) is 5.02 Å². The fraction of sp³-hybridized carbons (Fsp3) is 0.250. The van der Waals surface area contributed by atoms with Gasteiger partial charge in [-0.15, -0.1) is 0 Å². The lowest BCUT2D eigenvalue weighted by atomic mass is 10.1. The summed E-state index contributed by atoms with van der Waals surface area (Å²) in [6, 6.07) is 3.80. The number of nitrogens with one attached hydrogen (secondary N) is 1. The highest BCUT2D eigenvalue weighted by molar-refractivity contribution is 6.35. The van der Waals surface area contributed by atoms with E-state index in [-0.39, 0.29) is 0 Å². The van der Waals surface area contributed by atoms with Crippen molar-refractivity contribution in [3.8, 4) is 5.75 Å². The molecule has 1 aromatic heterocycles. The summed E-state index contributed by atoms with van der Waals surface area (Å²) in [7, 11) is 1.65. The molecule has 0 saturated heterocycles. The molecule has 1 N–H and O–H groups in total. The van der Waals surface area contributed by atoms with Gasteiger partial charge in [0.05, 0.1) is 17.6 Å². The molecule has 3 rings (SSSR count). The molecular weight excluding hydrogens is 224 g/mol. The fourth-order valence-electron chi connectivity index (χ4n) is 2.13. The fourth-order valence-corrected chi connectivity index (χ4v) is 2.39. The molecule has 4 heteroatoms. The lowest BCUT2D eigenvalue weighted by Gasteiger charge is -2.08. The van der Waals surface area contributed by atoms with E-state index in [0.29, 0.717) is 5.02 Å². The van der Waals surface area contributed by atoms with Gasteiger partial charge >= 0.3 is 0 Å². The second kappa shape index (κ2) is 3.61. The largest absolute Gasteiger partial charge is 0.497 e. The van der Waals surface area contributed by atoms with Gasteiger partial charge in [-0.3, -0.25) is 4.98 Å². The van der Waals surface area contributed by atoms with E-state index in [9.17, 15) is 0 Å². The molecule has 2 heterocycles. The normalized spacial score (nSPS) is 14.1. The highest BCUT2D eigenvalue weighted by Crippen LogP contribution is 2.32. The lowest BCUT2D eigenvalue weighted by molar-refractivity contribution is 0.415. The number of ether oxygens (including phenoxy) is 1. The quantitative estimate of drug-likeness (QED) is 0.823. The predicted molar refractivity (Wildman–Crippen MR) is 63.8 cm³/mol. The second-order valence-corrected chi connectivity index (χ2v) is 4.28. The number of methoxy groups -OCH3 is 1. The summed E-state index contributed by atoms with van der Waals surface area (Å²) in [6.45, 7) is 1.75. The number of rotatable bonds is 1. The molecule has 1 aliphatic rings. The van der Waals surface area contributed by atoms with E-state index in [1.165, 1.54) is 11.1 Å². The molecule has 16 heavy (non-hydrogen) atoms. The van der Waals surface area contributed by atoms with E-state index < -0.39 is 0 Å². The van der Waals surface area contributed by atoms with Crippen molar-refractivity contribution in [1.82, 2.24) is 10.3 Å². The summed E-state index contributed by atoms with van der Waals surface area (Å²) in [4.78, 5) is 4.40. The number of aromatic nitrogens is 1. The topological polar surface area (TPSA) is 34.1 Å². The van der Waals surface area contributed by atoms with Gasteiger partial charge in [-0.1, -0.05) is 11.6 Å². The molecule has 3 nitrogen and oxygen atoms in total. The lowest BCUT2D eigenvalue weighted by Crippen LogP contribution is -2.00. The summed E-state index contributed by atoms with van der Waals surface area (Å²) in [6.07, 6.45) is 1.90. The molecule has 0 radical (unpaired) electrons. The minimum atomic E-state index is 0.643. The van der Waals surface area contributed by atoms with Gasteiger partial charge in [-0.2, -0.15) is 0 Å². The van der Waals surface area contributed by atoms with Crippen LogP contribution < -0.4 is 10.1 Å². The number of nitrogens with zero attached hydrogens (tertiary/aromatic N) is 1. The first-order chi connectivity index (χ1) is 7.79. The van der Waals surface area contributed by atoms with Crippen LogP contribution >= 0.6 is 11.6 Å². The Bertz CT molecular complexity index is 568. The van der Waals surface area contributed by atoms with Crippen molar-refractivity contribution in [2.45, 2.75) is 13.1 Å². The van der Waals surface area contributed by atoms with E-state index in [1.807, 2.05) is 12.3 Å². The molecule has 0 amide bonds. The maximum atomic E-state index is 6.18. The molecule has 2 aromatic rings. The van der Waals surface area contributed by atoms with Crippen LogP contribution in [0.1, 0.15) is 11.1 Å². The first-order valence-electron chi connectivity index (χ1n) is 5.14. The molecule has 1 aromatic carbocycles. The van der Waals surface area contributed by atoms with Crippen LogP contribution in [0.5, 0.6) is 5.75 Å². The Morgan fingerprint density at radius 3 is 3.06 bits per heavy atom. The minimum absolute atomic E-state index is 0.643. The average molecular weight is 235 g/mol. The number of halogens is 1. The third-order valence-corrected chi connectivity index (χ3v) is 3.24. The van der Waals surface area contributed by atoms with Crippen molar-refractivity contribution < 1.29 is 4.74 Å². The number of fused-ring (bicyclic) bond motifs is 3. The molecule has 0 aliphatic carbocycles. The molecule has 0 spiro atoms.